The molecule has 9 heteroatoms. The average molecular weight is 516 g/mol. The minimum absolute atomic E-state index is 0.0301. The first kappa shape index (κ1) is 23.6. The van der Waals surface area contributed by atoms with E-state index >= 15 is 0 Å². The van der Waals surface area contributed by atoms with E-state index in [0.29, 0.717) is 5.56 Å². The Labute approximate surface area is 195 Å². The summed E-state index contributed by atoms with van der Waals surface area (Å²) in [6.45, 7) is 1.56. The Bertz CT molecular complexity index is 1210. The fourth-order valence-corrected chi connectivity index (χ4v) is 4.51. The molecule has 0 saturated heterocycles. The number of aryl methyl sites for hydroxylation is 1. The molecule has 32 heavy (non-hydrogen) atoms. The Morgan fingerprint density at radius 3 is 2.44 bits per heavy atom. The number of halogens is 1. The van der Waals surface area contributed by atoms with Gasteiger partial charge in [-0.05, 0) is 54.4 Å². The zero-order valence-electron chi connectivity index (χ0n) is 17.3. The molecule has 0 spiro atoms. The maximum absolute atomic E-state index is 13.2. The van der Waals surface area contributed by atoms with Crippen LogP contribution in [0, 0.1) is 6.92 Å². The van der Waals surface area contributed by atoms with Gasteiger partial charge in [-0.1, -0.05) is 57.9 Å². The number of benzene rings is 3. The Hall–Kier alpha value is -3.01. The van der Waals surface area contributed by atoms with Gasteiger partial charge < -0.3 is 5.11 Å². The van der Waals surface area contributed by atoms with Gasteiger partial charge in [0.15, 0.2) is 0 Å². The number of amides is 1. The van der Waals surface area contributed by atoms with Crippen molar-refractivity contribution in [1.82, 2.24) is 9.73 Å². The predicted molar refractivity (Wildman–Crippen MR) is 127 cm³/mol. The zero-order chi connectivity index (χ0) is 23.1. The molecule has 0 radical (unpaired) electrons. The van der Waals surface area contributed by atoms with E-state index in [4.69, 9.17) is 0 Å². The van der Waals surface area contributed by atoms with Crippen LogP contribution in [0.1, 0.15) is 16.7 Å². The van der Waals surface area contributed by atoms with Crippen LogP contribution in [-0.4, -0.2) is 36.5 Å². The number of hydrogen-bond acceptors (Lipinski definition) is 5. The molecular formula is C23H22BrN3O4S. The molecule has 0 bridgehead atoms. The number of phenols is 1. The van der Waals surface area contributed by atoms with Crippen molar-refractivity contribution < 1.29 is 18.3 Å². The van der Waals surface area contributed by atoms with Crippen molar-refractivity contribution in [3.05, 3.63) is 94.0 Å². The first-order chi connectivity index (χ1) is 15.2. The number of carbonyl (C=O) groups is 1. The molecule has 0 aliphatic heterocycles. The smallest absolute Gasteiger partial charge is 0.255 e. The van der Waals surface area contributed by atoms with E-state index in [9.17, 15) is 18.3 Å². The minimum atomic E-state index is -3.94. The number of phenolic OH excluding ortho intramolecular Hbond substituents is 1. The molecule has 0 aromatic heterocycles. The van der Waals surface area contributed by atoms with Crippen LogP contribution in [0.2, 0.25) is 0 Å². The maximum Gasteiger partial charge on any atom is 0.255 e. The Balaban J connectivity index is 1.79. The summed E-state index contributed by atoms with van der Waals surface area (Å²) in [7, 11) is -3.94. The van der Waals surface area contributed by atoms with Crippen LogP contribution in [0.15, 0.2) is 87.3 Å². The molecule has 7 nitrogen and oxygen atoms in total. The first-order valence-corrected chi connectivity index (χ1v) is 11.9. The van der Waals surface area contributed by atoms with Crippen LogP contribution in [0.3, 0.4) is 0 Å². The minimum Gasteiger partial charge on any atom is -0.508 e. The number of sulfonamides is 1. The summed E-state index contributed by atoms with van der Waals surface area (Å²) >= 11 is 3.30. The highest BCUT2D eigenvalue weighted by atomic mass is 79.9. The molecule has 2 N–H and O–H groups in total. The molecule has 3 rings (SSSR count). The number of nitrogens with one attached hydrogen (secondary N) is 1. The summed E-state index contributed by atoms with van der Waals surface area (Å²) < 4.78 is 28.4. The molecule has 0 aliphatic rings. The Morgan fingerprint density at radius 1 is 1.09 bits per heavy atom. The summed E-state index contributed by atoms with van der Waals surface area (Å²) in [6, 6.07) is 20.0. The lowest BCUT2D eigenvalue weighted by Gasteiger charge is -2.21. The number of hydrogen-bond donors (Lipinski definition) is 2. The largest absolute Gasteiger partial charge is 0.508 e. The van der Waals surface area contributed by atoms with E-state index < -0.39 is 22.5 Å². The van der Waals surface area contributed by atoms with Crippen LogP contribution in [0.25, 0.3) is 0 Å². The molecule has 0 atom stereocenters. The molecule has 0 unspecified atom stereocenters. The van der Waals surface area contributed by atoms with Gasteiger partial charge in [0.2, 0.25) is 10.0 Å². The molecule has 0 aliphatic carbocycles. The average Bonchev–Trinajstić information content (AvgIpc) is 2.75. The second kappa shape index (κ2) is 10.5. The first-order valence-electron chi connectivity index (χ1n) is 9.66. The number of nitrogens with zero attached hydrogens (tertiary/aromatic N) is 2. The SMILES string of the molecule is Cc1ccc(CN(CC(=O)N/N=C\c2cccc(O)c2)S(=O)(=O)c2ccc(Br)cc2)cc1. The normalized spacial score (nSPS) is 11.7. The van der Waals surface area contributed by atoms with Gasteiger partial charge in [-0.2, -0.15) is 9.41 Å². The van der Waals surface area contributed by atoms with Gasteiger partial charge >= 0.3 is 0 Å². The van der Waals surface area contributed by atoms with Crippen molar-refractivity contribution in [1.29, 1.82) is 0 Å². The lowest BCUT2D eigenvalue weighted by atomic mass is 10.1. The zero-order valence-corrected chi connectivity index (χ0v) is 19.7. The lowest BCUT2D eigenvalue weighted by Crippen LogP contribution is -2.39. The molecular weight excluding hydrogens is 494 g/mol. The summed E-state index contributed by atoms with van der Waals surface area (Å²) in [5.41, 5.74) is 4.74. The van der Waals surface area contributed by atoms with Gasteiger partial charge in [-0.3, -0.25) is 4.79 Å². The highest BCUT2D eigenvalue weighted by Gasteiger charge is 2.27. The third kappa shape index (κ3) is 6.49. The number of aromatic hydroxyl groups is 1. The Kier molecular flexibility index (Phi) is 7.79. The molecule has 0 fully saturated rings. The van der Waals surface area contributed by atoms with E-state index in [1.54, 1.807) is 24.3 Å². The van der Waals surface area contributed by atoms with E-state index in [1.165, 1.54) is 30.5 Å². The van der Waals surface area contributed by atoms with Gasteiger partial charge in [0.1, 0.15) is 5.75 Å². The molecule has 1 amide bonds. The van der Waals surface area contributed by atoms with Crippen molar-refractivity contribution in [3.8, 4) is 5.75 Å². The van der Waals surface area contributed by atoms with Crippen LogP contribution < -0.4 is 5.43 Å². The van der Waals surface area contributed by atoms with Crippen molar-refractivity contribution >= 4 is 38.1 Å². The van der Waals surface area contributed by atoms with Gasteiger partial charge in [-0.25, -0.2) is 13.8 Å². The quantitative estimate of drug-likeness (QED) is 0.352. The van der Waals surface area contributed by atoms with Crippen LogP contribution >= 0.6 is 15.9 Å². The second-order valence-electron chi connectivity index (χ2n) is 7.10. The summed E-state index contributed by atoms with van der Waals surface area (Å²) in [4.78, 5) is 12.6. The van der Waals surface area contributed by atoms with E-state index in [1.807, 2.05) is 31.2 Å². The summed E-state index contributed by atoms with van der Waals surface area (Å²) in [6.07, 6.45) is 1.37. The van der Waals surface area contributed by atoms with Gasteiger partial charge in [0.25, 0.3) is 5.91 Å². The van der Waals surface area contributed by atoms with Crippen LogP contribution in [-0.2, 0) is 21.4 Å². The molecule has 0 heterocycles. The second-order valence-corrected chi connectivity index (χ2v) is 9.95. The fraction of sp³-hybridized carbons (Fsp3) is 0.130. The molecule has 3 aromatic rings. The van der Waals surface area contributed by atoms with Gasteiger partial charge in [0.05, 0.1) is 17.7 Å². The number of hydrazone groups is 1. The van der Waals surface area contributed by atoms with Crippen LogP contribution in [0.4, 0.5) is 0 Å². The summed E-state index contributed by atoms with van der Waals surface area (Å²) in [5, 5.41) is 13.3. The van der Waals surface area contributed by atoms with Crippen molar-refractivity contribution in [3.63, 3.8) is 0 Å². The van der Waals surface area contributed by atoms with Crippen LogP contribution in [0.5, 0.6) is 5.75 Å². The standard InChI is InChI=1S/C23H22BrN3O4S/c1-17-5-7-18(8-6-17)15-27(32(30,31)22-11-9-20(24)10-12-22)16-23(29)26-25-14-19-3-2-4-21(28)13-19/h2-14,28H,15-16H2,1H3,(H,26,29)/b25-14-. The molecule has 0 saturated carbocycles. The van der Waals surface area contributed by atoms with Crippen molar-refractivity contribution in [2.45, 2.75) is 18.4 Å². The molecule has 166 valence electrons. The highest BCUT2D eigenvalue weighted by Crippen LogP contribution is 2.21. The summed E-state index contributed by atoms with van der Waals surface area (Å²) in [5.74, 6) is -0.514. The topological polar surface area (TPSA) is 99.1 Å². The Morgan fingerprint density at radius 2 is 1.78 bits per heavy atom. The van der Waals surface area contributed by atoms with E-state index in [-0.39, 0.29) is 17.2 Å². The van der Waals surface area contributed by atoms with Crippen molar-refractivity contribution in [2.75, 3.05) is 6.54 Å². The monoisotopic (exact) mass is 515 g/mol. The van der Waals surface area contributed by atoms with Crippen molar-refractivity contribution in [2.24, 2.45) is 5.10 Å². The van der Waals surface area contributed by atoms with E-state index in [2.05, 4.69) is 26.5 Å². The highest BCUT2D eigenvalue weighted by molar-refractivity contribution is 9.10. The third-order valence-electron chi connectivity index (χ3n) is 4.52. The lowest BCUT2D eigenvalue weighted by molar-refractivity contribution is -0.121. The number of carbonyl (C=O) groups excluding carboxylic acids is 1. The maximum atomic E-state index is 13.2. The number of rotatable bonds is 8. The van der Waals surface area contributed by atoms with E-state index in [0.717, 1.165) is 19.9 Å². The van der Waals surface area contributed by atoms with Gasteiger partial charge in [-0.15, -0.1) is 0 Å². The fourth-order valence-electron chi connectivity index (χ4n) is 2.86. The van der Waals surface area contributed by atoms with Gasteiger partial charge in [0, 0.05) is 11.0 Å². The predicted octanol–water partition coefficient (Wildman–Crippen LogP) is 3.80. The molecule has 3 aromatic carbocycles. The third-order valence-corrected chi connectivity index (χ3v) is 6.86.